The summed E-state index contributed by atoms with van der Waals surface area (Å²) in [5, 5.41) is 21.2. The number of cyclic esters (lactones) is 1. The highest BCUT2D eigenvalue weighted by Gasteiger charge is 2.66. The lowest BCUT2D eigenvalue weighted by atomic mass is 9.51. The smallest absolute Gasteiger partial charge is 0.315 e. The third kappa shape index (κ3) is 2.07. The summed E-state index contributed by atoms with van der Waals surface area (Å²) in [6, 6.07) is 0. The third-order valence-corrected chi connectivity index (χ3v) is 6.25. The van der Waals surface area contributed by atoms with E-state index >= 15 is 0 Å². The molecule has 0 radical (unpaired) electrons. The number of carbonyl (C=O) groups is 1. The van der Waals surface area contributed by atoms with E-state index in [9.17, 15) is 15.0 Å². The molecule has 3 aliphatic rings. The van der Waals surface area contributed by atoms with Gasteiger partial charge in [-0.25, -0.2) is 0 Å². The molecule has 1 heterocycles. The standard InChI is InChI=1S/C17H26O4/c1-2-3-7-16-8-4-9-17(14(16)12(18)5-10-16)13(19)6-11-21-15(17)20/h2,12-14,18-19H,1,3-11H2/t12-,13+,14?,16?,17?/m0/s1. The van der Waals surface area contributed by atoms with Crippen molar-refractivity contribution in [2.24, 2.45) is 16.7 Å². The molecule has 0 amide bonds. The maximum atomic E-state index is 12.6. The summed E-state index contributed by atoms with van der Waals surface area (Å²) in [6.07, 6.45) is 7.32. The molecular weight excluding hydrogens is 268 g/mol. The molecule has 0 aromatic carbocycles. The first-order chi connectivity index (χ1) is 10.1. The second-order valence-electron chi connectivity index (χ2n) is 7.11. The largest absolute Gasteiger partial charge is 0.465 e. The van der Waals surface area contributed by atoms with Crippen LogP contribution in [0, 0.1) is 16.7 Å². The van der Waals surface area contributed by atoms with Gasteiger partial charge in [0.2, 0.25) is 0 Å². The number of hydrogen-bond donors (Lipinski definition) is 2. The van der Waals surface area contributed by atoms with Gasteiger partial charge in [0.05, 0.1) is 24.2 Å². The van der Waals surface area contributed by atoms with E-state index in [0.29, 0.717) is 19.4 Å². The van der Waals surface area contributed by atoms with Gasteiger partial charge in [0, 0.05) is 12.3 Å². The van der Waals surface area contributed by atoms with Gasteiger partial charge in [-0.3, -0.25) is 4.79 Å². The van der Waals surface area contributed by atoms with E-state index in [4.69, 9.17) is 4.74 Å². The van der Waals surface area contributed by atoms with Crippen LogP contribution in [0.5, 0.6) is 0 Å². The normalized spacial score (nSPS) is 46.2. The van der Waals surface area contributed by atoms with E-state index in [2.05, 4.69) is 6.58 Å². The Morgan fingerprint density at radius 1 is 1.29 bits per heavy atom. The third-order valence-electron chi connectivity index (χ3n) is 6.25. The lowest BCUT2D eigenvalue weighted by Crippen LogP contribution is -2.60. The molecule has 2 aliphatic carbocycles. The molecule has 3 fully saturated rings. The first-order valence-electron chi connectivity index (χ1n) is 8.21. The van der Waals surface area contributed by atoms with Crippen LogP contribution in [0.15, 0.2) is 12.7 Å². The Labute approximate surface area is 126 Å². The van der Waals surface area contributed by atoms with Crippen LogP contribution in [0.2, 0.25) is 0 Å². The van der Waals surface area contributed by atoms with Gasteiger partial charge in [-0.2, -0.15) is 0 Å². The van der Waals surface area contributed by atoms with Crippen LogP contribution in [0.4, 0.5) is 0 Å². The summed E-state index contributed by atoms with van der Waals surface area (Å²) in [5.74, 6) is -0.448. The molecule has 0 bridgehead atoms. The Morgan fingerprint density at radius 2 is 2.10 bits per heavy atom. The molecule has 0 aromatic rings. The van der Waals surface area contributed by atoms with Crippen molar-refractivity contribution in [2.75, 3.05) is 6.61 Å². The van der Waals surface area contributed by atoms with E-state index in [1.165, 1.54) is 0 Å². The first kappa shape index (κ1) is 15.0. The molecule has 3 rings (SSSR count). The molecule has 21 heavy (non-hydrogen) atoms. The van der Waals surface area contributed by atoms with E-state index in [0.717, 1.165) is 38.5 Å². The monoisotopic (exact) mass is 294 g/mol. The van der Waals surface area contributed by atoms with Crippen molar-refractivity contribution in [1.29, 1.82) is 0 Å². The van der Waals surface area contributed by atoms with Gasteiger partial charge < -0.3 is 14.9 Å². The van der Waals surface area contributed by atoms with Gasteiger partial charge in [-0.1, -0.05) is 12.5 Å². The lowest BCUT2D eigenvalue weighted by molar-refractivity contribution is -0.204. The Balaban J connectivity index is 2.01. The van der Waals surface area contributed by atoms with Crippen molar-refractivity contribution in [3.05, 3.63) is 12.7 Å². The minimum Gasteiger partial charge on any atom is -0.465 e. The van der Waals surface area contributed by atoms with Gasteiger partial charge >= 0.3 is 5.97 Å². The van der Waals surface area contributed by atoms with E-state index in [1.807, 2.05) is 6.08 Å². The molecule has 1 aliphatic heterocycles. The summed E-state index contributed by atoms with van der Waals surface area (Å²) < 4.78 is 5.32. The summed E-state index contributed by atoms with van der Waals surface area (Å²) in [5.41, 5.74) is -0.920. The van der Waals surface area contributed by atoms with Crippen molar-refractivity contribution < 1.29 is 19.7 Å². The SMILES string of the molecule is C=CCCC12CCCC3(C(=O)OCC[C@H]3O)C1[C@@H](O)CC2. The van der Waals surface area contributed by atoms with Crippen LogP contribution in [0.1, 0.15) is 51.4 Å². The zero-order chi connectivity index (χ0) is 15.1. The highest BCUT2D eigenvalue weighted by Crippen LogP contribution is 2.63. The zero-order valence-corrected chi connectivity index (χ0v) is 12.6. The summed E-state index contributed by atoms with van der Waals surface area (Å²) in [4.78, 5) is 12.6. The number of aliphatic hydroxyl groups excluding tert-OH is 2. The van der Waals surface area contributed by atoms with Crippen LogP contribution in [0.25, 0.3) is 0 Å². The number of carbonyl (C=O) groups excluding carboxylic acids is 1. The molecule has 4 heteroatoms. The fraction of sp³-hybridized carbons (Fsp3) is 0.824. The van der Waals surface area contributed by atoms with E-state index < -0.39 is 17.6 Å². The van der Waals surface area contributed by atoms with Crippen LogP contribution in [-0.2, 0) is 9.53 Å². The predicted molar refractivity (Wildman–Crippen MR) is 78.5 cm³/mol. The second-order valence-corrected chi connectivity index (χ2v) is 7.11. The highest BCUT2D eigenvalue weighted by molar-refractivity contribution is 5.79. The number of fused-ring (bicyclic) bond motifs is 2. The molecule has 2 N–H and O–H groups in total. The maximum Gasteiger partial charge on any atom is 0.315 e. The summed E-state index contributed by atoms with van der Waals surface area (Å²) in [6.45, 7) is 4.10. The number of aliphatic hydroxyl groups is 2. The van der Waals surface area contributed by atoms with Crippen molar-refractivity contribution in [1.82, 2.24) is 0 Å². The number of ether oxygens (including phenoxy) is 1. The van der Waals surface area contributed by atoms with Gasteiger partial charge in [0.25, 0.3) is 0 Å². The molecule has 1 spiro atoms. The molecule has 1 saturated heterocycles. The molecular formula is C17H26O4. The fourth-order valence-electron chi connectivity index (χ4n) is 5.41. The molecule has 2 saturated carbocycles. The van der Waals surface area contributed by atoms with E-state index in [1.54, 1.807) is 0 Å². The highest BCUT2D eigenvalue weighted by atomic mass is 16.5. The fourth-order valence-corrected chi connectivity index (χ4v) is 5.41. The minimum absolute atomic E-state index is 0.0385. The molecule has 3 unspecified atom stereocenters. The van der Waals surface area contributed by atoms with Gasteiger partial charge in [0.15, 0.2) is 0 Å². The molecule has 0 aromatic heterocycles. The Hall–Kier alpha value is -0.870. The average molecular weight is 294 g/mol. The maximum absolute atomic E-state index is 12.6. The molecule has 5 atom stereocenters. The van der Waals surface area contributed by atoms with Crippen LogP contribution in [0.3, 0.4) is 0 Å². The quantitative estimate of drug-likeness (QED) is 0.618. The van der Waals surface area contributed by atoms with Gasteiger partial charge in [0.1, 0.15) is 0 Å². The first-order valence-corrected chi connectivity index (χ1v) is 8.21. The van der Waals surface area contributed by atoms with E-state index in [-0.39, 0.29) is 17.3 Å². The van der Waals surface area contributed by atoms with Crippen LogP contribution < -0.4 is 0 Å². The minimum atomic E-state index is -0.881. The summed E-state index contributed by atoms with van der Waals surface area (Å²) >= 11 is 0. The van der Waals surface area contributed by atoms with Crippen molar-refractivity contribution in [3.8, 4) is 0 Å². The van der Waals surface area contributed by atoms with Crippen molar-refractivity contribution in [3.63, 3.8) is 0 Å². The lowest BCUT2D eigenvalue weighted by Gasteiger charge is -2.54. The van der Waals surface area contributed by atoms with Gasteiger partial charge in [-0.05, 0) is 43.9 Å². The second kappa shape index (κ2) is 5.40. The Morgan fingerprint density at radius 3 is 2.81 bits per heavy atom. The number of hydrogen-bond acceptors (Lipinski definition) is 4. The topological polar surface area (TPSA) is 66.8 Å². The number of rotatable bonds is 3. The number of allylic oxidation sites excluding steroid dienone is 1. The van der Waals surface area contributed by atoms with Crippen LogP contribution >= 0.6 is 0 Å². The zero-order valence-electron chi connectivity index (χ0n) is 12.6. The number of esters is 1. The Kier molecular flexibility index (Phi) is 3.87. The van der Waals surface area contributed by atoms with Gasteiger partial charge in [-0.15, -0.1) is 6.58 Å². The van der Waals surface area contributed by atoms with Crippen LogP contribution in [-0.4, -0.2) is 35.0 Å². The summed E-state index contributed by atoms with van der Waals surface area (Å²) in [7, 11) is 0. The molecule has 118 valence electrons. The Bertz CT molecular complexity index is 431. The average Bonchev–Trinajstić information content (AvgIpc) is 2.82. The molecule has 4 nitrogen and oxygen atoms in total. The predicted octanol–water partition coefficient (Wildman–Crippen LogP) is 2.19. The van der Waals surface area contributed by atoms with Crippen molar-refractivity contribution >= 4 is 5.97 Å². The van der Waals surface area contributed by atoms with Crippen molar-refractivity contribution in [2.45, 2.75) is 63.6 Å².